The van der Waals surface area contributed by atoms with Crippen molar-refractivity contribution in [2.45, 2.75) is 40.0 Å². The number of ketones is 1. The second-order valence-electron chi connectivity index (χ2n) is 7.00. The highest BCUT2D eigenvalue weighted by molar-refractivity contribution is 5.94. The zero-order valence-corrected chi connectivity index (χ0v) is 13.2. The summed E-state index contributed by atoms with van der Waals surface area (Å²) >= 11 is 0. The smallest absolute Gasteiger partial charge is 0.159 e. The molecule has 0 saturated heterocycles. The van der Waals surface area contributed by atoms with Gasteiger partial charge in [-0.1, -0.05) is 37.6 Å². The van der Waals surface area contributed by atoms with Crippen LogP contribution in [0.5, 0.6) is 5.75 Å². The second kappa shape index (κ2) is 5.32. The maximum Gasteiger partial charge on any atom is 0.159 e. The van der Waals surface area contributed by atoms with Crippen molar-refractivity contribution in [3.05, 3.63) is 41.5 Å². The van der Waals surface area contributed by atoms with Gasteiger partial charge in [0.1, 0.15) is 5.75 Å². The van der Waals surface area contributed by atoms with E-state index in [1.54, 1.807) is 12.5 Å². The van der Waals surface area contributed by atoms with E-state index in [0.717, 1.165) is 24.0 Å². The first kappa shape index (κ1) is 14.4. The summed E-state index contributed by atoms with van der Waals surface area (Å²) < 4.78 is 5.84. The minimum atomic E-state index is 0.0812. The molecule has 21 heavy (non-hydrogen) atoms. The molecular formula is C19H24O2. The van der Waals surface area contributed by atoms with Gasteiger partial charge in [0.2, 0.25) is 0 Å². The van der Waals surface area contributed by atoms with Crippen LogP contribution in [0.1, 0.15) is 50.4 Å². The van der Waals surface area contributed by atoms with Crippen LogP contribution in [0.15, 0.2) is 35.9 Å². The highest BCUT2D eigenvalue weighted by Crippen LogP contribution is 2.59. The molecule has 2 bridgehead atoms. The quantitative estimate of drug-likeness (QED) is 0.581. The molecule has 1 saturated carbocycles. The Morgan fingerprint density at radius 2 is 2.19 bits per heavy atom. The molecule has 0 spiro atoms. The highest BCUT2D eigenvalue weighted by atomic mass is 16.5. The summed E-state index contributed by atoms with van der Waals surface area (Å²) in [5.41, 5.74) is 2.77. The zero-order valence-electron chi connectivity index (χ0n) is 13.2. The summed E-state index contributed by atoms with van der Waals surface area (Å²) in [6, 6.07) is 7.47. The van der Waals surface area contributed by atoms with Crippen molar-refractivity contribution in [2.24, 2.45) is 17.3 Å². The van der Waals surface area contributed by atoms with E-state index in [2.05, 4.69) is 19.9 Å². The Morgan fingerprint density at radius 3 is 2.86 bits per heavy atom. The molecule has 1 fully saturated rings. The average Bonchev–Trinajstić information content (AvgIpc) is 2.47. The molecule has 0 amide bonds. The Kier molecular flexibility index (Phi) is 3.64. The number of rotatable bonds is 5. The maximum atomic E-state index is 11.4. The number of ether oxygens (including phenoxy) is 1. The molecule has 0 aromatic heterocycles. The minimum absolute atomic E-state index is 0.0812. The van der Waals surface area contributed by atoms with Gasteiger partial charge >= 0.3 is 0 Å². The van der Waals surface area contributed by atoms with Gasteiger partial charge in [0.25, 0.3) is 0 Å². The molecule has 2 unspecified atom stereocenters. The number of benzene rings is 1. The van der Waals surface area contributed by atoms with Crippen LogP contribution in [-0.4, -0.2) is 12.4 Å². The molecule has 3 aliphatic carbocycles. The van der Waals surface area contributed by atoms with Gasteiger partial charge < -0.3 is 4.74 Å². The number of hydrogen-bond acceptors (Lipinski definition) is 2. The van der Waals surface area contributed by atoms with Gasteiger partial charge in [-0.05, 0) is 49.1 Å². The molecule has 0 aliphatic heterocycles. The Labute approximate surface area is 127 Å². The molecule has 0 N–H and O–H groups in total. The van der Waals surface area contributed by atoms with Crippen molar-refractivity contribution >= 4 is 5.78 Å². The van der Waals surface area contributed by atoms with Crippen LogP contribution in [0.3, 0.4) is 0 Å². The fourth-order valence-corrected chi connectivity index (χ4v) is 3.85. The molecule has 2 atom stereocenters. The van der Waals surface area contributed by atoms with Gasteiger partial charge in [-0.3, -0.25) is 4.79 Å². The van der Waals surface area contributed by atoms with E-state index in [1.165, 1.54) is 12.8 Å². The van der Waals surface area contributed by atoms with Crippen molar-refractivity contribution in [3.8, 4) is 5.75 Å². The maximum absolute atomic E-state index is 11.4. The number of carbonyl (C=O) groups excluding carboxylic acids is 1. The van der Waals surface area contributed by atoms with Gasteiger partial charge in [-0.25, -0.2) is 0 Å². The molecule has 4 rings (SSSR count). The first-order valence-corrected chi connectivity index (χ1v) is 7.91. The van der Waals surface area contributed by atoms with Crippen molar-refractivity contribution in [1.82, 2.24) is 0 Å². The van der Waals surface area contributed by atoms with Gasteiger partial charge in [0.05, 0.1) is 6.61 Å². The third kappa shape index (κ3) is 2.64. The summed E-state index contributed by atoms with van der Waals surface area (Å²) in [7, 11) is 0. The van der Waals surface area contributed by atoms with Crippen LogP contribution in [0.2, 0.25) is 0 Å². The van der Waals surface area contributed by atoms with Crippen LogP contribution < -0.4 is 4.74 Å². The molecule has 0 heterocycles. The van der Waals surface area contributed by atoms with Crippen LogP contribution >= 0.6 is 0 Å². The summed E-state index contributed by atoms with van der Waals surface area (Å²) in [6.45, 7) is 7.08. The Morgan fingerprint density at radius 1 is 1.38 bits per heavy atom. The third-order valence-electron chi connectivity index (χ3n) is 5.48. The van der Waals surface area contributed by atoms with Crippen molar-refractivity contribution < 1.29 is 9.53 Å². The molecule has 2 heteroatoms. The van der Waals surface area contributed by atoms with E-state index in [-0.39, 0.29) is 5.78 Å². The average molecular weight is 284 g/mol. The molecular weight excluding hydrogens is 260 g/mol. The summed E-state index contributed by atoms with van der Waals surface area (Å²) in [5, 5.41) is 0. The van der Waals surface area contributed by atoms with Gasteiger partial charge in [-0.15, -0.1) is 0 Å². The van der Waals surface area contributed by atoms with Crippen molar-refractivity contribution in [3.63, 3.8) is 0 Å². The van der Waals surface area contributed by atoms with E-state index in [9.17, 15) is 4.79 Å². The van der Waals surface area contributed by atoms with E-state index >= 15 is 0 Å². The molecule has 2 nitrogen and oxygen atoms in total. The topological polar surface area (TPSA) is 26.3 Å². The lowest BCUT2D eigenvalue weighted by atomic mass is 9.48. The SMILES string of the molecule is CC(=O)c1cccc(OCCC2=CCC3CC2C3(C)C)c1. The van der Waals surface area contributed by atoms with E-state index in [0.29, 0.717) is 17.6 Å². The first-order valence-electron chi connectivity index (χ1n) is 7.91. The largest absolute Gasteiger partial charge is 0.493 e. The van der Waals surface area contributed by atoms with E-state index in [1.807, 2.05) is 24.3 Å². The number of hydrogen-bond donors (Lipinski definition) is 0. The minimum Gasteiger partial charge on any atom is -0.493 e. The highest BCUT2D eigenvalue weighted by Gasteiger charge is 2.50. The monoisotopic (exact) mass is 284 g/mol. The molecule has 112 valence electrons. The standard InChI is InChI=1S/C19H24O2/c1-13(20)15-5-4-6-17(11-15)21-10-9-14-7-8-16-12-18(14)19(16,2)3/h4-7,11,16,18H,8-10,12H2,1-3H3. The Bertz CT molecular complexity index is 583. The number of carbonyl (C=O) groups is 1. The van der Waals surface area contributed by atoms with Crippen molar-refractivity contribution in [1.29, 1.82) is 0 Å². The second-order valence-corrected chi connectivity index (χ2v) is 7.00. The fourth-order valence-electron chi connectivity index (χ4n) is 3.85. The van der Waals surface area contributed by atoms with Crippen LogP contribution in [0.25, 0.3) is 0 Å². The van der Waals surface area contributed by atoms with Crippen LogP contribution in [0, 0.1) is 17.3 Å². The molecule has 0 radical (unpaired) electrons. The fraction of sp³-hybridized carbons (Fsp3) is 0.526. The molecule has 1 aromatic rings. The number of Topliss-reactive ketones (excluding diaryl/α,β-unsaturated/α-hetero) is 1. The van der Waals surface area contributed by atoms with E-state index < -0.39 is 0 Å². The summed E-state index contributed by atoms with van der Waals surface area (Å²) in [4.78, 5) is 11.4. The number of allylic oxidation sites excluding steroid dienone is 1. The predicted octanol–water partition coefficient (Wildman–Crippen LogP) is 4.65. The predicted molar refractivity (Wildman–Crippen MR) is 84.6 cm³/mol. The summed E-state index contributed by atoms with van der Waals surface area (Å²) in [6.07, 6.45) is 6.03. The normalized spacial score (nSPS) is 25.8. The number of fused-ring (bicyclic) bond motifs is 1. The Balaban J connectivity index is 1.56. The van der Waals surface area contributed by atoms with E-state index in [4.69, 9.17) is 4.74 Å². The lowest BCUT2D eigenvalue weighted by Crippen LogP contribution is -2.48. The lowest BCUT2D eigenvalue weighted by Gasteiger charge is -2.56. The Hall–Kier alpha value is -1.57. The van der Waals surface area contributed by atoms with Gasteiger partial charge in [0, 0.05) is 12.0 Å². The first-order chi connectivity index (χ1) is 9.98. The van der Waals surface area contributed by atoms with Crippen LogP contribution in [0.4, 0.5) is 0 Å². The summed E-state index contributed by atoms with van der Waals surface area (Å²) in [5.74, 6) is 2.52. The van der Waals surface area contributed by atoms with Gasteiger partial charge in [-0.2, -0.15) is 0 Å². The van der Waals surface area contributed by atoms with Crippen LogP contribution in [-0.2, 0) is 0 Å². The molecule has 3 aliphatic rings. The van der Waals surface area contributed by atoms with Crippen molar-refractivity contribution in [2.75, 3.05) is 6.61 Å². The third-order valence-corrected chi connectivity index (χ3v) is 5.48. The zero-order chi connectivity index (χ0) is 15.0. The lowest BCUT2D eigenvalue weighted by molar-refractivity contribution is -0.00917. The van der Waals surface area contributed by atoms with Gasteiger partial charge in [0.15, 0.2) is 5.78 Å². The molecule has 1 aromatic carbocycles.